The maximum absolute atomic E-state index is 11.6. The number of nitrogens with two attached hydrogens (primary N) is 1. The average molecular weight is 231 g/mol. The van der Waals surface area contributed by atoms with E-state index in [0.29, 0.717) is 11.6 Å². The van der Waals surface area contributed by atoms with Crippen molar-refractivity contribution in [1.82, 2.24) is 14.8 Å². The van der Waals surface area contributed by atoms with Gasteiger partial charge in [0.25, 0.3) is 0 Å². The van der Waals surface area contributed by atoms with Gasteiger partial charge in [0.2, 0.25) is 5.91 Å². The number of nitrogen functional groups attached to an aromatic ring is 1. The summed E-state index contributed by atoms with van der Waals surface area (Å²) in [6.45, 7) is 2.05. The molecule has 6 nitrogen and oxygen atoms in total. The van der Waals surface area contributed by atoms with Crippen molar-refractivity contribution in [3.05, 3.63) is 36.2 Å². The zero-order chi connectivity index (χ0) is 12.3. The second kappa shape index (κ2) is 4.65. The van der Waals surface area contributed by atoms with Crippen LogP contribution in [0.3, 0.4) is 0 Å². The number of aromatic nitrogens is 3. The molecule has 17 heavy (non-hydrogen) atoms. The SMILES string of the molecule is Cc1ccc(NC(=O)Cn2ccc(N)n2)nc1. The normalized spacial score (nSPS) is 10.2. The topological polar surface area (TPSA) is 85.8 Å². The lowest BCUT2D eigenvalue weighted by atomic mass is 10.3. The monoisotopic (exact) mass is 231 g/mol. The molecule has 0 radical (unpaired) electrons. The van der Waals surface area contributed by atoms with Crippen molar-refractivity contribution in [2.24, 2.45) is 0 Å². The zero-order valence-corrected chi connectivity index (χ0v) is 9.42. The van der Waals surface area contributed by atoms with Crippen LogP contribution in [0.15, 0.2) is 30.6 Å². The summed E-state index contributed by atoms with van der Waals surface area (Å²) in [5, 5.41) is 6.59. The Bertz CT molecular complexity index is 517. The van der Waals surface area contributed by atoms with Crippen LogP contribution >= 0.6 is 0 Å². The highest BCUT2D eigenvalue weighted by atomic mass is 16.2. The molecule has 0 bridgehead atoms. The Morgan fingerprint density at radius 2 is 2.29 bits per heavy atom. The summed E-state index contributed by atoms with van der Waals surface area (Å²) in [4.78, 5) is 15.7. The summed E-state index contributed by atoms with van der Waals surface area (Å²) in [5.41, 5.74) is 6.49. The van der Waals surface area contributed by atoms with Gasteiger partial charge in [-0.05, 0) is 24.6 Å². The molecule has 1 amide bonds. The summed E-state index contributed by atoms with van der Waals surface area (Å²) in [5.74, 6) is 0.733. The van der Waals surface area contributed by atoms with Gasteiger partial charge in [-0.3, -0.25) is 9.48 Å². The number of rotatable bonds is 3. The van der Waals surface area contributed by atoms with Gasteiger partial charge in [0.15, 0.2) is 0 Å². The van der Waals surface area contributed by atoms with Gasteiger partial charge in [-0.15, -0.1) is 0 Å². The molecule has 6 heteroatoms. The highest BCUT2D eigenvalue weighted by Crippen LogP contribution is 2.04. The van der Waals surface area contributed by atoms with Crippen LogP contribution in [0.5, 0.6) is 0 Å². The molecule has 0 aliphatic heterocycles. The van der Waals surface area contributed by atoms with Gasteiger partial charge >= 0.3 is 0 Å². The van der Waals surface area contributed by atoms with Crippen molar-refractivity contribution < 1.29 is 4.79 Å². The second-order valence-electron chi connectivity index (χ2n) is 3.71. The van der Waals surface area contributed by atoms with Crippen molar-refractivity contribution in [3.63, 3.8) is 0 Å². The molecule has 2 aromatic heterocycles. The Hall–Kier alpha value is -2.37. The number of aryl methyl sites for hydroxylation is 1. The smallest absolute Gasteiger partial charge is 0.247 e. The Balaban J connectivity index is 1.95. The molecule has 0 saturated heterocycles. The van der Waals surface area contributed by atoms with Gasteiger partial charge in [-0.25, -0.2) is 4.98 Å². The first-order chi connectivity index (χ1) is 8.13. The highest BCUT2D eigenvalue weighted by molar-refractivity contribution is 5.89. The molecule has 2 heterocycles. The molecule has 0 aromatic carbocycles. The molecule has 0 atom stereocenters. The fourth-order valence-corrected chi connectivity index (χ4v) is 1.34. The standard InChI is InChI=1S/C11H13N5O/c1-8-2-3-10(13-6-8)14-11(17)7-16-5-4-9(12)15-16/h2-6H,7H2,1H3,(H2,12,15)(H,13,14,17). The molecule has 0 aliphatic rings. The number of nitrogens with zero attached hydrogens (tertiary/aromatic N) is 3. The van der Waals surface area contributed by atoms with Crippen LogP contribution in [0.1, 0.15) is 5.56 Å². The maximum atomic E-state index is 11.6. The third-order valence-electron chi connectivity index (χ3n) is 2.15. The lowest BCUT2D eigenvalue weighted by molar-refractivity contribution is -0.116. The summed E-state index contributed by atoms with van der Waals surface area (Å²) >= 11 is 0. The summed E-state index contributed by atoms with van der Waals surface area (Å²) in [6, 6.07) is 5.27. The number of amides is 1. The summed E-state index contributed by atoms with van der Waals surface area (Å²) < 4.78 is 1.47. The van der Waals surface area contributed by atoms with E-state index in [4.69, 9.17) is 5.73 Å². The fraction of sp³-hybridized carbons (Fsp3) is 0.182. The van der Waals surface area contributed by atoms with Crippen LogP contribution in [0.25, 0.3) is 0 Å². The van der Waals surface area contributed by atoms with Crippen LogP contribution in [0.2, 0.25) is 0 Å². The van der Waals surface area contributed by atoms with Crippen molar-refractivity contribution >= 4 is 17.5 Å². The quantitative estimate of drug-likeness (QED) is 0.818. The van der Waals surface area contributed by atoms with E-state index in [-0.39, 0.29) is 12.5 Å². The van der Waals surface area contributed by atoms with E-state index in [1.165, 1.54) is 4.68 Å². The minimum absolute atomic E-state index is 0.118. The molecular formula is C11H13N5O. The number of nitrogens with one attached hydrogen (secondary N) is 1. The molecule has 88 valence electrons. The van der Waals surface area contributed by atoms with Crippen molar-refractivity contribution in [3.8, 4) is 0 Å². The number of pyridine rings is 1. The first kappa shape index (κ1) is 11.1. The third kappa shape index (κ3) is 3.04. The van der Waals surface area contributed by atoms with Crippen LogP contribution in [-0.2, 0) is 11.3 Å². The first-order valence-corrected chi connectivity index (χ1v) is 5.15. The van der Waals surface area contributed by atoms with E-state index in [1.54, 1.807) is 24.5 Å². The third-order valence-corrected chi connectivity index (χ3v) is 2.15. The lowest BCUT2D eigenvalue weighted by Gasteiger charge is -2.04. The number of carbonyl (C=O) groups excluding carboxylic acids is 1. The highest BCUT2D eigenvalue weighted by Gasteiger charge is 2.04. The predicted octanol–water partition coefficient (Wildman–Crippen LogP) is 0.807. The van der Waals surface area contributed by atoms with E-state index in [1.807, 2.05) is 13.0 Å². The average Bonchev–Trinajstić information content (AvgIpc) is 2.67. The molecule has 2 rings (SSSR count). The van der Waals surface area contributed by atoms with Gasteiger partial charge in [-0.2, -0.15) is 5.10 Å². The Morgan fingerprint density at radius 1 is 1.47 bits per heavy atom. The van der Waals surface area contributed by atoms with Crippen LogP contribution in [0, 0.1) is 6.92 Å². The molecular weight excluding hydrogens is 218 g/mol. The predicted molar refractivity (Wildman–Crippen MR) is 64.2 cm³/mol. The van der Waals surface area contributed by atoms with E-state index in [2.05, 4.69) is 15.4 Å². The van der Waals surface area contributed by atoms with Gasteiger partial charge < -0.3 is 11.1 Å². The van der Waals surface area contributed by atoms with Crippen LogP contribution in [-0.4, -0.2) is 20.7 Å². The largest absolute Gasteiger partial charge is 0.382 e. The van der Waals surface area contributed by atoms with Gasteiger partial charge in [0, 0.05) is 12.4 Å². The first-order valence-electron chi connectivity index (χ1n) is 5.15. The van der Waals surface area contributed by atoms with E-state index < -0.39 is 0 Å². The molecule has 2 aromatic rings. The maximum Gasteiger partial charge on any atom is 0.247 e. The Morgan fingerprint density at radius 3 is 2.88 bits per heavy atom. The van der Waals surface area contributed by atoms with E-state index in [9.17, 15) is 4.79 Å². The molecule has 0 saturated carbocycles. The Labute approximate surface area is 98.5 Å². The van der Waals surface area contributed by atoms with Crippen LogP contribution < -0.4 is 11.1 Å². The molecule has 0 aliphatic carbocycles. The number of carbonyl (C=O) groups is 1. The molecule has 0 fully saturated rings. The Kier molecular flexibility index (Phi) is 3.04. The zero-order valence-electron chi connectivity index (χ0n) is 9.42. The van der Waals surface area contributed by atoms with E-state index in [0.717, 1.165) is 5.56 Å². The molecule has 3 N–H and O–H groups in total. The van der Waals surface area contributed by atoms with Crippen molar-refractivity contribution in [1.29, 1.82) is 0 Å². The number of anilines is 2. The summed E-state index contributed by atoms with van der Waals surface area (Å²) in [7, 11) is 0. The van der Waals surface area contributed by atoms with Crippen molar-refractivity contribution in [2.75, 3.05) is 11.1 Å². The van der Waals surface area contributed by atoms with E-state index >= 15 is 0 Å². The second-order valence-corrected chi connectivity index (χ2v) is 3.71. The summed E-state index contributed by atoms with van der Waals surface area (Å²) in [6.07, 6.45) is 3.35. The van der Waals surface area contributed by atoms with Gasteiger partial charge in [0.05, 0.1) is 0 Å². The molecule has 0 spiro atoms. The van der Waals surface area contributed by atoms with Gasteiger partial charge in [0.1, 0.15) is 18.2 Å². The minimum atomic E-state index is -0.190. The van der Waals surface area contributed by atoms with Gasteiger partial charge in [-0.1, -0.05) is 6.07 Å². The van der Waals surface area contributed by atoms with Crippen LogP contribution in [0.4, 0.5) is 11.6 Å². The fourth-order valence-electron chi connectivity index (χ4n) is 1.34. The lowest BCUT2D eigenvalue weighted by Crippen LogP contribution is -2.19. The number of hydrogen-bond donors (Lipinski definition) is 2. The van der Waals surface area contributed by atoms with Crippen molar-refractivity contribution in [2.45, 2.75) is 13.5 Å². The molecule has 0 unspecified atom stereocenters. The minimum Gasteiger partial charge on any atom is -0.382 e. The number of hydrogen-bond acceptors (Lipinski definition) is 4.